The molecule has 6 nitrogen and oxygen atoms in total. The number of benzene rings is 2. The van der Waals surface area contributed by atoms with Gasteiger partial charge in [0.2, 0.25) is 17.6 Å². The number of ether oxygens (including phenoxy) is 1. The van der Waals surface area contributed by atoms with E-state index in [0.29, 0.717) is 11.3 Å². The Morgan fingerprint density at radius 2 is 1.59 bits per heavy atom. The van der Waals surface area contributed by atoms with E-state index in [9.17, 15) is 19.2 Å². The molecule has 138 valence electrons. The molecule has 0 unspecified atom stereocenters. The minimum absolute atomic E-state index is 0.162. The summed E-state index contributed by atoms with van der Waals surface area (Å²) in [6.45, 7) is 3.43. The van der Waals surface area contributed by atoms with Gasteiger partial charge in [0, 0.05) is 18.4 Å². The van der Waals surface area contributed by atoms with Crippen molar-refractivity contribution in [1.82, 2.24) is 0 Å². The normalized spacial score (nSPS) is 15.0. The number of hydrogen-bond acceptors (Lipinski definition) is 5. The first-order valence-corrected chi connectivity index (χ1v) is 8.64. The van der Waals surface area contributed by atoms with Gasteiger partial charge in [-0.1, -0.05) is 35.9 Å². The van der Waals surface area contributed by atoms with Crippen LogP contribution in [0.5, 0.6) is 0 Å². The molecule has 0 aromatic heterocycles. The van der Waals surface area contributed by atoms with Crippen LogP contribution in [0.2, 0.25) is 0 Å². The van der Waals surface area contributed by atoms with Gasteiger partial charge in [0.1, 0.15) is 0 Å². The lowest BCUT2D eigenvalue weighted by Crippen LogP contribution is -2.29. The number of amides is 2. The molecule has 1 saturated heterocycles. The second-order valence-corrected chi connectivity index (χ2v) is 6.45. The molecule has 2 aromatic rings. The Morgan fingerprint density at radius 1 is 0.963 bits per heavy atom. The first kappa shape index (κ1) is 18.5. The lowest BCUT2D eigenvalue weighted by molar-refractivity contribution is -0.121. The molecule has 0 radical (unpaired) electrons. The van der Waals surface area contributed by atoms with E-state index in [1.165, 1.54) is 19.1 Å². The van der Waals surface area contributed by atoms with Crippen molar-refractivity contribution in [3.8, 4) is 0 Å². The molecular weight excluding hydrogens is 346 g/mol. The summed E-state index contributed by atoms with van der Waals surface area (Å²) in [5, 5.41) is 0. The van der Waals surface area contributed by atoms with Gasteiger partial charge in [-0.3, -0.25) is 19.3 Å². The third-order valence-electron chi connectivity index (χ3n) is 4.38. The van der Waals surface area contributed by atoms with E-state index in [1.54, 1.807) is 24.3 Å². The molecule has 0 bridgehead atoms. The zero-order valence-electron chi connectivity index (χ0n) is 15.1. The molecule has 0 saturated carbocycles. The summed E-state index contributed by atoms with van der Waals surface area (Å²) in [5.74, 6) is -1.59. The zero-order valence-corrected chi connectivity index (χ0v) is 15.1. The number of Topliss-reactive ketones (excluding diaryl/α,β-unsaturated/α-hetero) is 1. The highest BCUT2D eigenvalue weighted by atomic mass is 16.5. The number of carbonyl (C=O) groups is 4. The number of aryl methyl sites for hydroxylation is 1. The second kappa shape index (κ2) is 7.53. The smallest absolute Gasteiger partial charge is 0.338 e. The highest BCUT2D eigenvalue weighted by Gasteiger charge is 2.30. The van der Waals surface area contributed by atoms with Crippen molar-refractivity contribution in [2.45, 2.75) is 32.8 Å². The highest BCUT2D eigenvalue weighted by Crippen LogP contribution is 2.24. The molecule has 27 heavy (non-hydrogen) atoms. The third-order valence-corrected chi connectivity index (χ3v) is 4.38. The predicted octanol–water partition coefficient (Wildman–Crippen LogP) is 3.08. The molecule has 1 atom stereocenters. The van der Waals surface area contributed by atoms with Gasteiger partial charge < -0.3 is 4.74 Å². The van der Waals surface area contributed by atoms with Gasteiger partial charge in [-0.05, 0) is 32.0 Å². The summed E-state index contributed by atoms with van der Waals surface area (Å²) in [4.78, 5) is 49.6. The molecule has 6 heteroatoms. The summed E-state index contributed by atoms with van der Waals surface area (Å²) in [6, 6.07) is 13.1. The first-order valence-electron chi connectivity index (χ1n) is 8.64. The van der Waals surface area contributed by atoms with Crippen molar-refractivity contribution >= 4 is 29.3 Å². The SMILES string of the molecule is Cc1ccc(C(=O)[C@H](C)OC(=O)c2cccc(N3C(=O)CCC3=O)c2)cc1. The van der Waals surface area contributed by atoms with E-state index in [1.807, 2.05) is 19.1 Å². The number of imide groups is 1. The molecule has 0 N–H and O–H groups in total. The number of nitrogens with zero attached hydrogens (tertiary/aromatic N) is 1. The van der Waals surface area contributed by atoms with Crippen molar-refractivity contribution in [3.05, 3.63) is 65.2 Å². The number of rotatable bonds is 5. The Morgan fingerprint density at radius 3 is 2.22 bits per heavy atom. The first-order chi connectivity index (χ1) is 12.9. The Labute approximate surface area is 156 Å². The molecule has 1 aliphatic heterocycles. The Balaban J connectivity index is 1.73. The predicted molar refractivity (Wildman–Crippen MR) is 98.6 cm³/mol. The lowest BCUT2D eigenvalue weighted by Gasteiger charge is -2.16. The minimum atomic E-state index is -0.959. The average molecular weight is 365 g/mol. The topological polar surface area (TPSA) is 80.8 Å². The van der Waals surface area contributed by atoms with E-state index >= 15 is 0 Å². The standard InChI is InChI=1S/C21H19NO5/c1-13-6-8-15(9-7-13)20(25)14(2)27-21(26)16-4-3-5-17(12-16)22-18(23)10-11-19(22)24/h3-9,12,14H,10-11H2,1-2H3/t14-/m0/s1. The van der Waals surface area contributed by atoms with Crippen LogP contribution in [0.25, 0.3) is 0 Å². The fourth-order valence-electron chi connectivity index (χ4n) is 2.87. The minimum Gasteiger partial charge on any atom is -0.451 e. The molecule has 1 heterocycles. The van der Waals surface area contributed by atoms with E-state index in [-0.39, 0.29) is 36.0 Å². The van der Waals surface area contributed by atoms with Gasteiger partial charge in [0.25, 0.3) is 0 Å². The third kappa shape index (κ3) is 3.95. The van der Waals surface area contributed by atoms with Crippen LogP contribution in [0.3, 0.4) is 0 Å². The van der Waals surface area contributed by atoms with Crippen LogP contribution in [0.1, 0.15) is 46.0 Å². The maximum absolute atomic E-state index is 12.4. The number of esters is 1. The highest BCUT2D eigenvalue weighted by molar-refractivity contribution is 6.20. The van der Waals surface area contributed by atoms with Gasteiger partial charge in [-0.15, -0.1) is 0 Å². The van der Waals surface area contributed by atoms with Gasteiger partial charge >= 0.3 is 5.97 Å². The van der Waals surface area contributed by atoms with Crippen LogP contribution >= 0.6 is 0 Å². The number of ketones is 1. The molecular formula is C21H19NO5. The molecule has 0 spiro atoms. The van der Waals surface area contributed by atoms with Gasteiger partial charge in [0.15, 0.2) is 6.10 Å². The molecule has 2 amide bonds. The Kier molecular flexibility index (Phi) is 5.16. The van der Waals surface area contributed by atoms with Crippen LogP contribution in [0.4, 0.5) is 5.69 Å². The van der Waals surface area contributed by atoms with Crippen molar-refractivity contribution in [1.29, 1.82) is 0 Å². The maximum Gasteiger partial charge on any atom is 0.338 e. The van der Waals surface area contributed by atoms with Crippen LogP contribution < -0.4 is 4.90 Å². The van der Waals surface area contributed by atoms with Crippen molar-refractivity contribution in [2.75, 3.05) is 4.90 Å². The summed E-state index contributed by atoms with van der Waals surface area (Å²) in [7, 11) is 0. The van der Waals surface area contributed by atoms with Crippen LogP contribution in [-0.4, -0.2) is 29.7 Å². The quantitative estimate of drug-likeness (QED) is 0.462. The maximum atomic E-state index is 12.4. The van der Waals surface area contributed by atoms with Crippen molar-refractivity contribution < 1.29 is 23.9 Å². The summed E-state index contributed by atoms with van der Waals surface area (Å²) in [5.41, 5.74) is 1.99. The van der Waals surface area contributed by atoms with Crippen LogP contribution in [0, 0.1) is 6.92 Å². The number of hydrogen-bond donors (Lipinski definition) is 0. The van der Waals surface area contributed by atoms with E-state index in [2.05, 4.69) is 0 Å². The largest absolute Gasteiger partial charge is 0.451 e. The lowest BCUT2D eigenvalue weighted by atomic mass is 10.1. The fourth-order valence-corrected chi connectivity index (χ4v) is 2.87. The summed E-state index contributed by atoms with van der Waals surface area (Å²) >= 11 is 0. The second-order valence-electron chi connectivity index (χ2n) is 6.45. The number of anilines is 1. The summed E-state index contributed by atoms with van der Waals surface area (Å²) in [6.07, 6.45) is -0.635. The van der Waals surface area contributed by atoms with Gasteiger partial charge in [-0.25, -0.2) is 4.79 Å². The van der Waals surface area contributed by atoms with Crippen LogP contribution in [0.15, 0.2) is 48.5 Å². The monoisotopic (exact) mass is 365 g/mol. The summed E-state index contributed by atoms with van der Waals surface area (Å²) < 4.78 is 5.28. The van der Waals surface area contributed by atoms with Gasteiger partial charge in [-0.2, -0.15) is 0 Å². The average Bonchev–Trinajstić information content (AvgIpc) is 3.00. The fraction of sp³-hybridized carbons (Fsp3) is 0.238. The Bertz CT molecular complexity index is 900. The van der Waals surface area contributed by atoms with E-state index in [0.717, 1.165) is 10.5 Å². The number of carbonyl (C=O) groups excluding carboxylic acids is 4. The van der Waals surface area contributed by atoms with Crippen molar-refractivity contribution in [3.63, 3.8) is 0 Å². The molecule has 1 fully saturated rings. The zero-order chi connectivity index (χ0) is 19.6. The van der Waals surface area contributed by atoms with Crippen molar-refractivity contribution in [2.24, 2.45) is 0 Å². The molecule has 0 aliphatic carbocycles. The van der Waals surface area contributed by atoms with E-state index in [4.69, 9.17) is 4.74 Å². The van der Waals surface area contributed by atoms with Gasteiger partial charge in [0.05, 0.1) is 11.3 Å². The Hall–Kier alpha value is -3.28. The van der Waals surface area contributed by atoms with E-state index < -0.39 is 12.1 Å². The molecule has 3 rings (SSSR count). The van der Waals surface area contributed by atoms with Crippen LogP contribution in [-0.2, 0) is 14.3 Å². The molecule has 2 aromatic carbocycles. The molecule has 1 aliphatic rings.